The lowest BCUT2D eigenvalue weighted by Gasteiger charge is -2.38. The number of amides is 1. The topological polar surface area (TPSA) is 114 Å². The number of benzene rings is 1. The summed E-state index contributed by atoms with van der Waals surface area (Å²) in [6.07, 6.45) is 3.74. The van der Waals surface area contributed by atoms with E-state index in [-0.39, 0.29) is 42.8 Å². The van der Waals surface area contributed by atoms with Crippen LogP contribution in [0.5, 0.6) is 0 Å². The molecule has 1 saturated heterocycles. The first kappa shape index (κ1) is 27.2. The highest BCUT2D eigenvalue weighted by atomic mass is 32.2. The van der Waals surface area contributed by atoms with Crippen molar-refractivity contribution in [2.24, 2.45) is 5.92 Å². The maximum atomic E-state index is 14.2. The Morgan fingerprint density at radius 1 is 1.10 bits per heavy atom. The van der Waals surface area contributed by atoms with Crippen molar-refractivity contribution >= 4 is 27.3 Å². The molecule has 216 valence electrons. The molecule has 3 aromatic heterocycles. The van der Waals surface area contributed by atoms with E-state index in [0.717, 1.165) is 25.3 Å². The van der Waals surface area contributed by atoms with Crippen molar-refractivity contribution in [3.8, 4) is 11.5 Å². The van der Waals surface area contributed by atoms with Crippen molar-refractivity contribution in [1.82, 2.24) is 24.5 Å². The molecule has 41 heavy (non-hydrogen) atoms. The zero-order chi connectivity index (χ0) is 28.7. The molecule has 0 unspecified atom stereocenters. The Morgan fingerprint density at radius 2 is 1.88 bits per heavy atom. The van der Waals surface area contributed by atoms with Gasteiger partial charge in [-0.1, -0.05) is 12.5 Å². The molecule has 0 spiro atoms. The number of halogens is 3. The van der Waals surface area contributed by atoms with Crippen molar-refractivity contribution in [2.75, 3.05) is 17.4 Å². The SMILES string of the molecule is O=C(C1CCC1)N1CCC(S(=O)(=O)N(Cc2cn3ccc(-c4nnc(C(F)F)o4)cc3n2)c2cccc(F)c2)CC1. The van der Waals surface area contributed by atoms with Crippen LogP contribution in [-0.2, 0) is 21.4 Å². The second kappa shape index (κ2) is 10.8. The fourth-order valence-corrected chi connectivity index (χ4v) is 7.14. The number of alkyl halides is 2. The monoisotopic (exact) mass is 588 g/mol. The molecule has 1 amide bonds. The van der Waals surface area contributed by atoms with Crippen molar-refractivity contribution in [1.29, 1.82) is 0 Å². The molecule has 2 aliphatic rings. The minimum absolute atomic E-state index is 0.0497. The van der Waals surface area contributed by atoms with Gasteiger partial charge in [0.05, 0.1) is 23.2 Å². The molecule has 0 N–H and O–H groups in total. The van der Waals surface area contributed by atoms with Gasteiger partial charge < -0.3 is 13.7 Å². The summed E-state index contributed by atoms with van der Waals surface area (Å²) in [7, 11) is -3.97. The van der Waals surface area contributed by atoms with Gasteiger partial charge in [0.2, 0.25) is 21.8 Å². The van der Waals surface area contributed by atoms with Gasteiger partial charge in [-0.25, -0.2) is 17.8 Å². The van der Waals surface area contributed by atoms with Crippen LogP contribution in [0.2, 0.25) is 0 Å². The number of carbonyl (C=O) groups excluding carboxylic acids is 1. The normalized spacial score (nSPS) is 16.8. The lowest BCUT2D eigenvalue weighted by Crippen LogP contribution is -2.48. The van der Waals surface area contributed by atoms with Crippen LogP contribution in [0.15, 0.2) is 53.2 Å². The lowest BCUT2D eigenvalue weighted by atomic mass is 9.84. The number of fused-ring (bicyclic) bond motifs is 1. The Morgan fingerprint density at radius 3 is 2.54 bits per heavy atom. The summed E-state index contributed by atoms with van der Waals surface area (Å²) in [5.41, 5.74) is 1.31. The number of rotatable bonds is 8. The van der Waals surface area contributed by atoms with Gasteiger partial charge in [0.25, 0.3) is 5.89 Å². The van der Waals surface area contributed by atoms with Crippen molar-refractivity contribution in [2.45, 2.75) is 50.3 Å². The summed E-state index contributed by atoms with van der Waals surface area (Å²) in [6.45, 7) is 0.548. The van der Waals surface area contributed by atoms with Crippen LogP contribution in [0.3, 0.4) is 0 Å². The minimum atomic E-state index is -3.97. The number of nitrogens with zero attached hydrogens (tertiary/aromatic N) is 6. The molecule has 0 atom stereocenters. The predicted octanol–water partition coefficient (Wildman–Crippen LogP) is 4.59. The Kier molecular flexibility index (Phi) is 7.18. The van der Waals surface area contributed by atoms with Gasteiger partial charge in [-0.2, -0.15) is 8.78 Å². The van der Waals surface area contributed by atoms with Gasteiger partial charge in [-0.3, -0.25) is 9.10 Å². The molecule has 1 saturated carbocycles. The summed E-state index contributed by atoms with van der Waals surface area (Å²) in [5, 5.41) is 6.24. The number of hydrogen-bond acceptors (Lipinski definition) is 7. The summed E-state index contributed by atoms with van der Waals surface area (Å²) in [6, 6.07) is 8.52. The Balaban J connectivity index is 1.26. The third-order valence-corrected chi connectivity index (χ3v) is 9.99. The Hall–Kier alpha value is -3.94. The molecule has 1 aromatic carbocycles. The lowest BCUT2D eigenvalue weighted by molar-refractivity contribution is -0.139. The molecule has 6 rings (SSSR count). The Labute approximate surface area is 233 Å². The number of aromatic nitrogens is 4. The summed E-state index contributed by atoms with van der Waals surface area (Å²) in [4.78, 5) is 19.0. The fourth-order valence-electron chi connectivity index (χ4n) is 5.26. The predicted molar refractivity (Wildman–Crippen MR) is 142 cm³/mol. The molecule has 10 nitrogen and oxygen atoms in total. The maximum absolute atomic E-state index is 14.2. The van der Waals surface area contributed by atoms with E-state index >= 15 is 0 Å². The molecule has 14 heteroatoms. The first-order valence-corrected chi connectivity index (χ1v) is 14.8. The van der Waals surface area contributed by atoms with E-state index in [4.69, 9.17) is 4.42 Å². The molecular formula is C27H27F3N6O4S. The minimum Gasteiger partial charge on any atom is -0.415 e. The third-order valence-electron chi connectivity index (χ3n) is 7.72. The zero-order valence-electron chi connectivity index (χ0n) is 21.9. The Bertz CT molecular complexity index is 1680. The highest BCUT2D eigenvalue weighted by Gasteiger charge is 2.38. The largest absolute Gasteiger partial charge is 0.415 e. The average molecular weight is 589 g/mol. The number of pyridine rings is 1. The smallest absolute Gasteiger partial charge is 0.314 e. The standard InChI is InChI=1S/C27H27F3N6O4S/c28-19-5-2-6-21(14-19)36(41(38,39)22-8-11-34(12-9-22)27(37)17-3-1-4-17)16-20-15-35-10-7-18(13-23(35)31-20)25-32-33-26(40-25)24(29)30/h2,5-7,10,13-15,17,22,24H,1,3-4,8-9,11-12,16H2. The highest BCUT2D eigenvalue weighted by Crippen LogP contribution is 2.32. The van der Waals surface area contributed by atoms with Gasteiger partial charge in [0.15, 0.2) is 0 Å². The molecule has 4 heterocycles. The molecule has 1 aliphatic heterocycles. The van der Waals surface area contributed by atoms with Gasteiger partial charge in [0, 0.05) is 37.0 Å². The first-order chi connectivity index (χ1) is 19.7. The number of piperidine rings is 1. The van der Waals surface area contributed by atoms with Crippen LogP contribution >= 0.6 is 0 Å². The van der Waals surface area contributed by atoms with Crippen LogP contribution in [0, 0.1) is 11.7 Å². The number of anilines is 1. The van der Waals surface area contributed by atoms with Crippen LogP contribution < -0.4 is 4.31 Å². The van der Waals surface area contributed by atoms with E-state index in [2.05, 4.69) is 15.2 Å². The van der Waals surface area contributed by atoms with E-state index in [9.17, 15) is 26.4 Å². The van der Waals surface area contributed by atoms with E-state index in [1.807, 2.05) is 0 Å². The summed E-state index contributed by atoms with van der Waals surface area (Å²) < 4.78 is 75.7. The number of likely N-dealkylation sites (tertiary alicyclic amines) is 1. The number of imidazole rings is 1. The second-order valence-corrected chi connectivity index (χ2v) is 12.5. The molecule has 0 bridgehead atoms. The van der Waals surface area contributed by atoms with E-state index < -0.39 is 33.4 Å². The maximum Gasteiger partial charge on any atom is 0.314 e. The van der Waals surface area contributed by atoms with Crippen molar-refractivity contribution < 1.29 is 30.8 Å². The molecular weight excluding hydrogens is 561 g/mol. The second-order valence-electron chi connectivity index (χ2n) is 10.3. The summed E-state index contributed by atoms with van der Waals surface area (Å²) in [5.74, 6) is -1.32. The van der Waals surface area contributed by atoms with Crippen LogP contribution in [-0.4, -0.2) is 57.1 Å². The van der Waals surface area contributed by atoms with Crippen molar-refractivity contribution in [3.05, 3.63) is 66.2 Å². The molecule has 2 fully saturated rings. The zero-order valence-corrected chi connectivity index (χ0v) is 22.7. The van der Waals surface area contributed by atoms with Gasteiger partial charge in [0.1, 0.15) is 11.5 Å². The van der Waals surface area contributed by atoms with Crippen LogP contribution in [0.1, 0.15) is 50.1 Å². The van der Waals surface area contributed by atoms with Crippen molar-refractivity contribution in [3.63, 3.8) is 0 Å². The molecule has 0 radical (unpaired) electrons. The van der Waals surface area contributed by atoms with Gasteiger partial charge in [-0.05, 0) is 56.0 Å². The highest BCUT2D eigenvalue weighted by molar-refractivity contribution is 7.93. The first-order valence-electron chi connectivity index (χ1n) is 13.3. The average Bonchev–Trinajstić information content (AvgIpc) is 3.58. The van der Waals surface area contributed by atoms with E-state index in [1.165, 1.54) is 22.5 Å². The van der Waals surface area contributed by atoms with Gasteiger partial charge in [-0.15, -0.1) is 10.2 Å². The number of carbonyl (C=O) groups is 1. The molecule has 1 aliphatic carbocycles. The van der Waals surface area contributed by atoms with Crippen LogP contribution in [0.25, 0.3) is 17.1 Å². The number of hydrogen-bond donors (Lipinski definition) is 0. The number of sulfonamides is 1. The third kappa shape index (κ3) is 5.39. The van der Waals surface area contributed by atoms with E-state index in [1.54, 1.807) is 33.8 Å². The fraction of sp³-hybridized carbons (Fsp3) is 0.407. The summed E-state index contributed by atoms with van der Waals surface area (Å²) >= 11 is 0. The van der Waals surface area contributed by atoms with Gasteiger partial charge >= 0.3 is 6.43 Å². The van der Waals surface area contributed by atoms with E-state index in [0.29, 0.717) is 30.0 Å². The molecule has 4 aromatic rings. The van der Waals surface area contributed by atoms with Crippen LogP contribution in [0.4, 0.5) is 18.9 Å². The quantitative estimate of drug-likeness (QED) is 0.296.